The number of benzene rings is 2. The maximum atomic E-state index is 13.5. The molecule has 1 N–H and O–H groups in total. The topological polar surface area (TPSA) is 81.5 Å². The van der Waals surface area contributed by atoms with Crippen molar-refractivity contribution in [1.82, 2.24) is 0 Å². The van der Waals surface area contributed by atoms with Crippen LogP contribution in [0.25, 0.3) is 0 Å². The molecular formula is C14H9Cl2FN2O4. The number of nitro groups is 1. The smallest absolute Gasteiger partial charge is 0.271 e. The van der Waals surface area contributed by atoms with Crippen molar-refractivity contribution >= 4 is 40.5 Å². The van der Waals surface area contributed by atoms with E-state index in [1.165, 1.54) is 18.2 Å². The number of nitro benzene ring substituents is 1. The van der Waals surface area contributed by atoms with E-state index in [0.717, 1.165) is 18.2 Å². The highest BCUT2D eigenvalue weighted by Gasteiger charge is 2.13. The molecule has 2 rings (SSSR count). The summed E-state index contributed by atoms with van der Waals surface area (Å²) < 4.78 is 18.7. The summed E-state index contributed by atoms with van der Waals surface area (Å²) in [5.41, 5.74) is -0.644. The quantitative estimate of drug-likeness (QED) is 0.645. The van der Waals surface area contributed by atoms with Gasteiger partial charge in [0.1, 0.15) is 11.6 Å². The molecule has 2 aromatic carbocycles. The first-order valence-corrected chi connectivity index (χ1v) is 6.94. The Labute approximate surface area is 139 Å². The SMILES string of the molecule is O=C(COc1ccc(Cl)c(Cl)c1)Nc1cc([N+](=O)[O-])ccc1F. The number of carbonyl (C=O) groups excluding carboxylic acids is 1. The number of rotatable bonds is 5. The second kappa shape index (κ2) is 7.26. The molecule has 120 valence electrons. The first kappa shape index (κ1) is 17.0. The third-order valence-corrected chi connectivity index (χ3v) is 3.43. The number of nitrogens with one attached hydrogen (secondary N) is 1. The second-order valence-electron chi connectivity index (χ2n) is 4.33. The monoisotopic (exact) mass is 358 g/mol. The van der Waals surface area contributed by atoms with Crippen LogP contribution in [0.15, 0.2) is 36.4 Å². The van der Waals surface area contributed by atoms with E-state index in [2.05, 4.69) is 5.32 Å². The minimum atomic E-state index is -0.793. The molecule has 0 fully saturated rings. The van der Waals surface area contributed by atoms with Crippen molar-refractivity contribution in [2.75, 3.05) is 11.9 Å². The fourth-order valence-electron chi connectivity index (χ4n) is 1.62. The van der Waals surface area contributed by atoms with Gasteiger partial charge in [0.15, 0.2) is 6.61 Å². The number of hydrogen-bond donors (Lipinski definition) is 1. The highest BCUT2D eigenvalue weighted by Crippen LogP contribution is 2.26. The predicted octanol–water partition coefficient (Wildman–Crippen LogP) is 4.06. The molecule has 0 heterocycles. The second-order valence-corrected chi connectivity index (χ2v) is 5.15. The molecule has 0 aliphatic heterocycles. The van der Waals surface area contributed by atoms with Crippen LogP contribution in [0.5, 0.6) is 5.75 Å². The molecule has 6 nitrogen and oxygen atoms in total. The van der Waals surface area contributed by atoms with E-state index in [-0.39, 0.29) is 16.4 Å². The summed E-state index contributed by atoms with van der Waals surface area (Å²) in [5, 5.41) is 13.4. The van der Waals surface area contributed by atoms with Crippen LogP contribution >= 0.6 is 23.2 Å². The fraction of sp³-hybridized carbons (Fsp3) is 0.0714. The van der Waals surface area contributed by atoms with Crippen molar-refractivity contribution in [3.05, 3.63) is 62.4 Å². The summed E-state index contributed by atoms with van der Waals surface area (Å²) in [4.78, 5) is 21.7. The number of amides is 1. The highest BCUT2D eigenvalue weighted by atomic mass is 35.5. The summed E-state index contributed by atoms with van der Waals surface area (Å²) in [6.07, 6.45) is 0. The lowest BCUT2D eigenvalue weighted by atomic mass is 10.2. The third kappa shape index (κ3) is 4.54. The highest BCUT2D eigenvalue weighted by molar-refractivity contribution is 6.42. The van der Waals surface area contributed by atoms with Gasteiger partial charge < -0.3 is 10.1 Å². The van der Waals surface area contributed by atoms with Crippen LogP contribution in [0.3, 0.4) is 0 Å². The van der Waals surface area contributed by atoms with Gasteiger partial charge in [0.05, 0.1) is 20.7 Å². The minimum absolute atomic E-state index is 0.259. The van der Waals surface area contributed by atoms with Gasteiger partial charge in [0.2, 0.25) is 0 Å². The van der Waals surface area contributed by atoms with Gasteiger partial charge in [-0.1, -0.05) is 23.2 Å². The van der Waals surface area contributed by atoms with Crippen LogP contribution in [-0.2, 0) is 4.79 Å². The van der Waals surface area contributed by atoms with Gasteiger partial charge in [-0.2, -0.15) is 0 Å². The number of hydrogen-bond acceptors (Lipinski definition) is 4. The molecule has 0 bridgehead atoms. The standard InChI is InChI=1S/C14H9Cl2FN2O4/c15-10-3-2-9(6-11(10)16)23-7-14(20)18-13-5-8(19(21)22)1-4-12(13)17/h1-6H,7H2,(H,18,20). The van der Waals surface area contributed by atoms with Gasteiger partial charge in [0, 0.05) is 18.2 Å². The fourth-order valence-corrected chi connectivity index (χ4v) is 1.91. The van der Waals surface area contributed by atoms with E-state index in [0.29, 0.717) is 10.8 Å². The molecule has 23 heavy (non-hydrogen) atoms. The average molecular weight is 359 g/mol. The first-order chi connectivity index (χ1) is 10.9. The molecule has 0 radical (unpaired) electrons. The number of ether oxygens (including phenoxy) is 1. The summed E-state index contributed by atoms with van der Waals surface area (Å²) >= 11 is 11.5. The molecule has 1 amide bonds. The Morgan fingerprint density at radius 1 is 1.22 bits per heavy atom. The van der Waals surface area contributed by atoms with Crippen LogP contribution in [0.1, 0.15) is 0 Å². The molecule has 0 saturated heterocycles. The van der Waals surface area contributed by atoms with Gasteiger partial charge >= 0.3 is 0 Å². The molecule has 0 unspecified atom stereocenters. The Kier molecular flexibility index (Phi) is 5.36. The van der Waals surface area contributed by atoms with Crippen molar-refractivity contribution in [1.29, 1.82) is 0 Å². The molecular weight excluding hydrogens is 350 g/mol. The molecule has 2 aromatic rings. The maximum Gasteiger partial charge on any atom is 0.271 e. The van der Waals surface area contributed by atoms with Crippen LogP contribution in [0.2, 0.25) is 10.0 Å². The van der Waals surface area contributed by atoms with Crippen molar-refractivity contribution in [3.63, 3.8) is 0 Å². The number of carbonyl (C=O) groups is 1. The van der Waals surface area contributed by atoms with E-state index in [1.54, 1.807) is 0 Å². The van der Waals surface area contributed by atoms with Crippen molar-refractivity contribution in [2.45, 2.75) is 0 Å². The van der Waals surface area contributed by atoms with Gasteiger partial charge in [0.25, 0.3) is 11.6 Å². The Balaban J connectivity index is 2.00. The minimum Gasteiger partial charge on any atom is -0.484 e. The van der Waals surface area contributed by atoms with Gasteiger partial charge in [-0.15, -0.1) is 0 Å². The van der Waals surface area contributed by atoms with E-state index in [1.807, 2.05) is 0 Å². The molecule has 0 saturated carbocycles. The van der Waals surface area contributed by atoms with E-state index >= 15 is 0 Å². The molecule has 0 aliphatic rings. The van der Waals surface area contributed by atoms with Crippen LogP contribution in [0.4, 0.5) is 15.8 Å². The lowest BCUT2D eigenvalue weighted by molar-refractivity contribution is -0.384. The zero-order valence-corrected chi connectivity index (χ0v) is 12.9. The largest absolute Gasteiger partial charge is 0.484 e. The summed E-state index contributed by atoms with van der Waals surface area (Å²) in [6.45, 7) is -0.430. The summed E-state index contributed by atoms with van der Waals surface area (Å²) in [6, 6.07) is 7.25. The molecule has 0 aromatic heterocycles. The Morgan fingerprint density at radius 2 is 1.96 bits per heavy atom. The number of non-ortho nitro benzene ring substituents is 1. The van der Waals surface area contributed by atoms with Crippen molar-refractivity contribution in [3.8, 4) is 5.75 Å². The summed E-state index contributed by atoms with van der Waals surface area (Å²) in [5.74, 6) is -1.18. The van der Waals surface area contributed by atoms with Crippen molar-refractivity contribution in [2.24, 2.45) is 0 Å². The number of halogens is 3. The van der Waals surface area contributed by atoms with Crippen LogP contribution in [0, 0.1) is 15.9 Å². The molecule has 0 spiro atoms. The van der Waals surface area contributed by atoms with Gasteiger partial charge in [-0.05, 0) is 18.2 Å². The van der Waals surface area contributed by atoms with E-state index < -0.39 is 23.3 Å². The normalized spacial score (nSPS) is 10.2. The Bertz CT molecular complexity index is 770. The summed E-state index contributed by atoms with van der Waals surface area (Å²) in [7, 11) is 0. The lowest BCUT2D eigenvalue weighted by Gasteiger charge is -2.09. The maximum absolute atomic E-state index is 13.5. The molecule has 0 aliphatic carbocycles. The van der Waals surface area contributed by atoms with E-state index in [4.69, 9.17) is 27.9 Å². The number of anilines is 1. The third-order valence-electron chi connectivity index (χ3n) is 2.70. The lowest BCUT2D eigenvalue weighted by Crippen LogP contribution is -2.20. The zero-order chi connectivity index (χ0) is 17.0. The number of nitrogens with zero attached hydrogens (tertiary/aromatic N) is 1. The first-order valence-electron chi connectivity index (χ1n) is 6.18. The molecule has 0 atom stereocenters. The zero-order valence-electron chi connectivity index (χ0n) is 11.4. The predicted molar refractivity (Wildman–Crippen MR) is 83.6 cm³/mol. The molecule has 9 heteroatoms. The Morgan fingerprint density at radius 3 is 2.61 bits per heavy atom. The van der Waals surface area contributed by atoms with Gasteiger partial charge in [-0.3, -0.25) is 14.9 Å². The Hall–Kier alpha value is -2.38. The average Bonchev–Trinajstić information content (AvgIpc) is 2.50. The van der Waals surface area contributed by atoms with Crippen molar-refractivity contribution < 1.29 is 18.8 Å². The van der Waals surface area contributed by atoms with E-state index in [9.17, 15) is 19.3 Å². The van der Waals surface area contributed by atoms with Crippen LogP contribution < -0.4 is 10.1 Å². The van der Waals surface area contributed by atoms with Crippen LogP contribution in [-0.4, -0.2) is 17.4 Å². The van der Waals surface area contributed by atoms with Gasteiger partial charge in [-0.25, -0.2) is 4.39 Å².